The Hall–Kier alpha value is -0.970. The van der Waals surface area contributed by atoms with E-state index in [1.54, 1.807) is 24.1 Å². The summed E-state index contributed by atoms with van der Waals surface area (Å²) in [6.07, 6.45) is 0.980. The number of rotatable bonds is 2. The van der Waals surface area contributed by atoms with E-state index < -0.39 is 0 Å². The number of hydrogen-bond donors (Lipinski definition) is 1. The fraction of sp³-hybridized carbons (Fsp3) is 0.500. The minimum Gasteiger partial charge on any atom is -0.396 e. The zero-order chi connectivity index (χ0) is 14.9. The summed E-state index contributed by atoms with van der Waals surface area (Å²) in [6, 6.07) is 3.12. The topological polar surface area (TPSA) is 55.6 Å². The van der Waals surface area contributed by atoms with Gasteiger partial charge in [-0.15, -0.1) is 0 Å². The van der Waals surface area contributed by atoms with E-state index >= 15 is 0 Å². The van der Waals surface area contributed by atoms with Crippen LogP contribution in [0, 0.1) is 5.92 Å². The molecule has 1 fully saturated rings. The number of likely N-dealkylation sites (tertiary alicyclic amines) is 1. The molecule has 6 heteroatoms. The van der Waals surface area contributed by atoms with Gasteiger partial charge in [0.15, 0.2) is 0 Å². The quantitative estimate of drug-likeness (QED) is 0.853. The predicted octanol–water partition coefficient (Wildman–Crippen LogP) is 3.07. The number of carbonyl (C=O) groups excluding carboxylic acids is 1. The number of nitrogen functional groups attached to an aromatic ring is 1. The molecule has 1 heterocycles. The molecule has 1 aliphatic rings. The first-order valence-corrected chi connectivity index (χ1v) is 7.26. The number of hydrogen-bond acceptors (Lipinski definition) is 3. The second-order valence-electron chi connectivity index (χ2n) is 5.14. The van der Waals surface area contributed by atoms with Gasteiger partial charge in [0.25, 0.3) is 5.91 Å². The fourth-order valence-electron chi connectivity index (χ4n) is 2.42. The molecule has 2 rings (SSSR count). The standard InChI is InChI=1S/C14H18Cl2N2O2/c1-8-3-4-18(7-12(8)20-2)14(19)9-5-10(15)13(17)11(16)6-9/h5-6,8,12H,3-4,7,17H2,1-2H3. The minimum absolute atomic E-state index is 0.0624. The molecule has 4 nitrogen and oxygen atoms in total. The Bertz CT molecular complexity index is 499. The Morgan fingerprint density at radius 1 is 1.40 bits per heavy atom. The van der Waals surface area contributed by atoms with Gasteiger partial charge in [0, 0.05) is 25.8 Å². The van der Waals surface area contributed by atoms with Crippen LogP contribution in [0.1, 0.15) is 23.7 Å². The first-order valence-electron chi connectivity index (χ1n) is 6.50. The van der Waals surface area contributed by atoms with E-state index in [-0.39, 0.29) is 12.0 Å². The number of nitrogens with zero attached hydrogens (tertiary/aromatic N) is 1. The fourth-order valence-corrected chi connectivity index (χ4v) is 2.90. The average Bonchev–Trinajstić information content (AvgIpc) is 2.44. The first-order chi connectivity index (χ1) is 9.43. The van der Waals surface area contributed by atoms with Gasteiger partial charge in [-0.1, -0.05) is 30.1 Å². The van der Waals surface area contributed by atoms with Crippen LogP contribution in [0.15, 0.2) is 12.1 Å². The number of anilines is 1. The van der Waals surface area contributed by atoms with E-state index in [1.807, 2.05) is 0 Å². The summed E-state index contributed by atoms with van der Waals surface area (Å²) in [6.45, 7) is 3.42. The predicted molar refractivity (Wildman–Crippen MR) is 81.4 cm³/mol. The van der Waals surface area contributed by atoms with Crippen LogP contribution in [0.4, 0.5) is 5.69 Å². The molecule has 0 spiro atoms. The average molecular weight is 317 g/mol. The van der Waals surface area contributed by atoms with Crippen LogP contribution in [-0.4, -0.2) is 37.1 Å². The normalized spacial score (nSPS) is 22.9. The molecule has 2 unspecified atom stereocenters. The van der Waals surface area contributed by atoms with Gasteiger partial charge in [0.1, 0.15) is 0 Å². The van der Waals surface area contributed by atoms with Crippen LogP contribution in [0.5, 0.6) is 0 Å². The third-order valence-corrected chi connectivity index (χ3v) is 4.43. The zero-order valence-electron chi connectivity index (χ0n) is 11.5. The third kappa shape index (κ3) is 3.03. The van der Waals surface area contributed by atoms with Crippen LogP contribution >= 0.6 is 23.2 Å². The van der Waals surface area contributed by atoms with Crippen molar-refractivity contribution in [2.24, 2.45) is 5.92 Å². The van der Waals surface area contributed by atoms with E-state index in [2.05, 4.69) is 6.92 Å². The molecule has 1 aliphatic heterocycles. The molecule has 1 amide bonds. The van der Waals surface area contributed by atoms with Crippen molar-refractivity contribution in [3.8, 4) is 0 Å². The first kappa shape index (κ1) is 15.4. The lowest BCUT2D eigenvalue weighted by atomic mass is 9.95. The van der Waals surface area contributed by atoms with Gasteiger partial charge in [-0.25, -0.2) is 0 Å². The molecule has 2 atom stereocenters. The van der Waals surface area contributed by atoms with Gasteiger partial charge in [-0.3, -0.25) is 4.79 Å². The molecule has 20 heavy (non-hydrogen) atoms. The van der Waals surface area contributed by atoms with Crippen molar-refractivity contribution >= 4 is 34.8 Å². The highest BCUT2D eigenvalue weighted by Crippen LogP contribution is 2.30. The Balaban J connectivity index is 2.19. The Labute approximate surface area is 128 Å². The van der Waals surface area contributed by atoms with Crippen molar-refractivity contribution in [1.29, 1.82) is 0 Å². The van der Waals surface area contributed by atoms with Crippen LogP contribution in [-0.2, 0) is 4.74 Å². The van der Waals surface area contributed by atoms with Crippen molar-refractivity contribution in [2.45, 2.75) is 19.4 Å². The number of ether oxygens (including phenoxy) is 1. The highest BCUT2D eigenvalue weighted by molar-refractivity contribution is 6.39. The van der Waals surface area contributed by atoms with Crippen molar-refractivity contribution < 1.29 is 9.53 Å². The maximum atomic E-state index is 12.5. The number of halogens is 2. The number of piperidine rings is 1. The Morgan fingerprint density at radius 3 is 2.55 bits per heavy atom. The molecular formula is C14H18Cl2N2O2. The van der Waals surface area contributed by atoms with Gasteiger partial charge in [-0.05, 0) is 24.5 Å². The van der Waals surface area contributed by atoms with Crippen molar-refractivity contribution in [2.75, 3.05) is 25.9 Å². The summed E-state index contributed by atoms with van der Waals surface area (Å²) in [5.41, 5.74) is 6.44. The second-order valence-corrected chi connectivity index (χ2v) is 5.96. The van der Waals surface area contributed by atoms with E-state index in [0.29, 0.717) is 40.3 Å². The molecule has 0 aromatic heterocycles. The molecule has 0 radical (unpaired) electrons. The van der Waals surface area contributed by atoms with Gasteiger partial charge >= 0.3 is 0 Å². The lowest BCUT2D eigenvalue weighted by molar-refractivity contribution is -0.00156. The summed E-state index contributed by atoms with van der Waals surface area (Å²) < 4.78 is 5.42. The zero-order valence-corrected chi connectivity index (χ0v) is 13.0. The molecule has 0 aliphatic carbocycles. The van der Waals surface area contributed by atoms with E-state index in [9.17, 15) is 4.79 Å². The van der Waals surface area contributed by atoms with E-state index in [4.69, 9.17) is 33.7 Å². The maximum absolute atomic E-state index is 12.5. The van der Waals surface area contributed by atoms with E-state index in [1.165, 1.54) is 0 Å². The molecule has 1 aromatic rings. The third-order valence-electron chi connectivity index (χ3n) is 3.81. The minimum atomic E-state index is -0.0947. The van der Waals surface area contributed by atoms with Gasteiger partial charge in [0.05, 0.1) is 21.8 Å². The van der Waals surface area contributed by atoms with Crippen molar-refractivity contribution in [3.63, 3.8) is 0 Å². The summed E-state index contributed by atoms with van der Waals surface area (Å²) in [4.78, 5) is 14.3. The highest BCUT2D eigenvalue weighted by atomic mass is 35.5. The SMILES string of the molecule is COC1CN(C(=O)c2cc(Cl)c(N)c(Cl)c2)CCC1C. The number of methoxy groups -OCH3 is 1. The number of nitrogens with two attached hydrogens (primary N) is 1. The maximum Gasteiger partial charge on any atom is 0.254 e. The Kier molecular flexibility index (Phi) is 4.78. The molecule has 1 aromatic carbocycles. The van der Waals surface area contributed by atoms with Crippen LogP contribution in [0.25, 0.3) is 0 Å². The lowest BCUT2D eigenvalue weighted by Crippen LogP contribution is -2.46. The van der Waals surface area contributed by atoms with Crippen LogP contribution in [0.2, 0.25) is 10.0 Å². The lowest BCUT2D eigenvalue weighted by Gasteiger charge is -2.36. The molecular weight excluding hydrogens is 299 g/mol. The van der Waals surface area contributed by atoms with E-state index in [0.717, 1.165) is 6.42 Å². The van der Waals surface area contributed by atoms with Crippen LogP contribution < -0.4 is 5.73 Å². The number of benzene rings is 1. The van der Waals surface area contributed by atoms with Crippen molar-refractivity contribution in [1.82, 2.24) is 4.90 Å². The molecule has 110 valence electrons. The summed E-state index contributed by atoms with van der Waals surface area (Å²) in [5, 5.41) is 0.601. The number of carbonyl (C=O) groups is 1. The van der Waals surface area contributed by atoms with Crippen LogP contribution in [0.3, 0.4) is 0 Å². The number of amides is 1. The summed E-state index contributed by atoms with van der Waals surface area (Å²) in [5.74, 6) is 0.352. The molecule has 0 saturated carbocycles. The van der Waals surface area contributed by atoms with Gasteiger partial charge in [-0.2, -0.15) is 0 Å². The molecule has 2 N–H and O–H groups in total. The summed E-state index contributed by atoms with van der Waals surface area (Å²) >= 11 is 12.0. The monoisotopic (exact) mass is 316 g/mol. The summed E-state index contributed by atoms with van der Waals surface area (Å²) in [7, 11) is 1.67. The molecule has 0 bridgehead atoms. The Morgan fingerprint density at radius 2 is 2.00 bits per heavy atom. The smallest absolute Gasteiger partial charge is 0.254 e. The van der Waals surface area contributed by atoms with Gasteiger partial charge < -0.3 is 15.4 Å². The van der Waals surface area contributed by atoms with Gasteiger partial charge in [0.2, 0.25) is 0 Å². The largest absolute Gasteiger partial charge is 0.396 e. The second kappa shape index (κ2) is 6.20. The van der Waals surface area contributed by atoms with Crippen molar-refractivity contribution in [3.05, 3.63) is 27.7 Å². The molecule has 1 saturated heterocycles. The highest BCUT2D eigenvalue weighted by Gasteiger charge is 2.29.